The number of halogens is 2. The molecule has 0 bridgehead atoms. The van der Waals surface area contributed by atoms with Crippen LogP contribution in [-0.2, 0) is 11.3 Å². The Labute approximate surface area is 109 Å². The molecule has 1 heterocycles. The van der Waals surface area contributed by atoms with Crippen molar-refractivity contribution in [2.24, 2.45) is 0 Å². The normalized spacial score (nSPS) is 10.3. The number of aromatic nitrogens is 1. The number of benzene rings is 1. The Hall–Kier alpha value is -1.81. The van der Waals surface area contributed by atoms with Gasteiger partial charge in [-0.3, -0.25) is 4.79 Å². The lowest BCUT2D eigenvalue weighted by Crippen LogP contribution is -2.14. The summed E-state index contributed by atoms with van der Waals surface area (Å²) in [4.78, 5) is 11.7. The van der Waals surface area contributed by atoms with Gasteiger partial charge in [0.2, 0.25) is 5.91 Å². The van der Waals surface area contributed by atoms with Gasteiger partial charge in [-0.05, 0) is 30.3 Å². The lowest BCUT2D eigenvalue weighted by molar-refractivity contribution is -0.116. The molecule has 0 unspecified atom stereocenters. The topological polar surface area (TPSA) is 34.0 Å². The molecule has 94 valence electrons. The van der Waals surface area contributed by atoms with Gasteiger partial charge in [-0.25, -0.2) is 4.39 Å². The fourth-order valence-corrected chi connectivity index (χ4v) is 1.77. The number of hydrogen-bond donors (Lipinski definition) is 1. The predicted molar refractivity (Wildman–Crippen MR) is 69.1 cm³/mol. The molecule has 5 heteroatoms. The van der Waals surface area contributed by atoms with Crippen molar-refractivity contribution < 1.29 is 9.18 Å². The van der Waals surface area contributed by atoms with E-state index in [-0.39, 0.29) is 10.9 Å². The smallest absolute Gasteiger partial charge is 0.226 e. The lowest BCUT2D eigenvalue weighted by atomic mass is 10.3. The van der Waals surface area contributed by atoms with Crippen LogP contribution in [0, 0.1) is 5.82 Å². The van der Waals surface area contributed by atoms with E-state index in [9.17, 15) is 9.18 Å². The van der Waals surface area contributed by atoms with Crippen molar-refractivity contribution in [3.63, 3.8) is 0 Å². The fraction of sp³-hybridized carbons (Fsp3) is 0.154. The third kappa shape index (κ3) is 3.34. The summed E-state index contributed by atoms with van der Waals surface area (Å²) in [5.74, 6) is -0.581. The van der Waals surface area contributed by atoms with Crippen molar-refractivity contribution in [3.8, 4) is 0 Å². The number of hydrogen-bond acceptors (Lipinski definition) is 1. The third-order valence-corrected chi connectivity index (χ3v) is 2.78. The second-order valence-electron chi connectivity index (χ2n) is 3.84. The van der Waals surface area contributed by atoms with Gasteiger partial charge < -0.3 is 9.88 Å². The van der Waals surface area contributed by atoms with Gasteiger partial charge in [0.05, 0.1) is 10.7 Å². The molecule has 0 atom stereocenters. The SMILES string of the molecule is O=C(CCn1cccc1)Nc1ccc(F)cc1Cl. The summed E-state index contributed by atoms with van der Waals surface area (Å²) in [7, 11) is 0. The molecule has 0 aliphatic carbocycles. The van der Waals surface area contributed by atoms with Gasteiger partial charge in [0.15, 0.2) is 0 Å². The van der Waals surface area contributed by atoms with Crippen LogP contribution in [0.2, 0.25) is 5.02 Å². The average molecular weight is 267 g/mol. The molecule has 18 heavy (non-hydrogen) atoms. The van der Waals surface area contributed by atoms with Crippen molar-refractivity contribution >= 4 is 23.2 Å². The Balaban J connectivity index is 1.91. The van der Waals surface area contributed by atoms with Crippen molar-refractivity contribution in [2.45, 2.75) is 13.0 Å². The van der Waals surface area contributed by atoms with E-state index in [1.54, 1.807) is 0 Å². The molecule has 0 saturated carbocycles. The molecule has 1 N–H and O–H groups in total. The molecule has 2 rings (SSSR count). The summed E-state index contributed by atoms with van der Waals surface area (Å²) < 4.78 is 14.7. The highest BCUT2D eigenvalue weighted by Gasteiger charge is 2.06. The van der Waals surface area contributed by atoms with Crippen LogP contribution in [0.15, 0.2) is 42.7 Å². The van der Waals surface area contributed by atoms with Crippen LogP contribution >= 0.6 is 11.6 Å². The van der Waals surface area contributed by atoms with E-state index in [4.69, 9.17) is 11.6 Å². The summed E-state index contributed by atoms with van der Waals surface area (Å²) in [6.45, 7) is 0.595. The number of anilines is 1. The number of aryl methyl sites for hydroxylation is 1. The monoisotopic (exact) mass is 266 g/mol. The minimum absolute atomic E-state index is 0.155. The predicted octanol–water partition coefficient (Wildman–Crippen LogP) is 3.31. The van der Waals surface area contributed by atoms with Crippen molar-refractivity contribution in [1.82, 2.24) is 4.57 Å². The standard InChI is InChI=1S/C13H12ClFN2O/c14-11-9-10(15)3-4-12(11)16-13(18)5-8-17-6-1-2-7-17/h1-4,6-7,9H,5,8H2,(H,16,18). The quantitative estimate of drug-likeness (QED) is 0.905. The maximum Gasteiger partial charge on any atom is 0.226 e. The minimum atomic E-state index is -0.426. The molecule has 1 aromatic heterocycles. The molecule has 0 radical (unpaired) electrons. The van der Waals surface area contributed by atoms with Crippen molar-refractivity contribution in [3.05, 3.63) is 53.6 Å². The van der Waals surface area contributed by atoms with Gasteiger partial charge in [0.1, 0.15) is 5.82 Å². The van der Waals surface area contributed by atoms with Gasteiger partial charge in [0, 0.05) is 25.4 Å². The zero-order chi connectivity index (χ0) is 13.0. The Morgan fingerprint density at radius 3 is 2.72 bits per heavy atom. The molecule has 0 saturated heterocycles. The third-order valence-electron chi connectivity index (χ3n) is 2.47. The van der Waals surface area contributed by atoms with E-state index in [1.807, 2.05) is 29.1 Å². The summed E-state index contributed by atoms with van der Waals surface area (Å²) >= 11 is 5.81. The molecule has 0 aliphatic rings. The highest BCUT2D eigenvalue weighted by Crippen LogP contribution is 2.22. The number of rotatable bonds is 4. The molecule has 1 amide bonds. The van der Waals surface area contributed by atoms with Crippen molar-refractivity contribution in [1.29, 1.82) is 0 Å². The van der Waals surface area contributed by atoms with Crippen LogP contribution in [0.25, 0.3) is 0 Å². The van der Waals surface area contributed by atoms with Gasteiger partial charge in [-0.15, -0.1) is 0 Å². The molecule has 3 nitrogen and oxygen atoms in total. The maximum atomic E-state index is 12.8. The molecule has 0 fully saturated rings. The Morgan fingerprint density at radius 1 is 1.33 bits per heavy atom. The summed E-state index contributed by atoms with van der Waals surface area (Å²) in [6.07, 6.45) is 4.11. The first kappa shape index (κ1) is 12.6. The maximum absolute atomic E-state index is 12.8. The van der Waals surface area contributed by atoms with E-state index in [0.717, 1.165) is 0 Å². The first-order chi connectivity index (χ1) is 8.65. The van der Waals surface area contributed by atoms with Crippen LogP contribution < -0.4 is 5.32 Å². The molecule has 0 spiro atoms. The Morgan fingerprint density at radius 2 is 2.06 bits per heavy atom. The first-order valence-electron chi connectivity index (χ1n) is 5.51. The van der Waals surface area contributed by atoms with Gasteiger partial charge in [0.25, 0.3) is 0 Å². The number of carbonyl (C=O) groups is 1. The number of nitrogens with one attached hydrogen (secondary N) is 1. The van der Waals surface area contributed by atoms with Crippen LogP contribution in [0.4, 0.5) is 10.1 Å². The van der Waals surface area contributed by atoms with Crippen LogP contribution in [0.1, 0.15) is 6.42 Å². The first-order valence-corrected chi connectivity index (χ1v) is 5.88. The van der Waals surface area contributed by atoms with Gasteiger partial charge >= 0.3 is 0 Å². The molecule has 1 aromatic carbocycles. The molecule has 2 aromatic rings. The summed E-state index contributed by atoms with van der Waals surface area (Å²) in [6, 6.07) is 7.67. The van der Waals surface area contributed by atoms with Crippen LogP contribution in [-0.4, -0.2) is 10.5 Å². The zero-order valence-electron chi connectivity index (χ0n) is 9.57. The van der Waals surface area contributed by atoms with Gasteiger partial charge in [-0.1, -0.05) is 11.6 Å². The summed E-state index contributed by atoms with van der Waals surface area (Å²) in [5.41, 5.74) is 0.426. The van der Waals surface area contributed by atoms with Crippen LogP contribution in [0.3, 0.4) is 0 Å². The largest absolute Gasteiger partial charge is 0.354 e. The van der Waals surface area contributed by atoms with Crippen LogP contribution in [0.5, 0.6) is 0 Å². The van der Waals surface area contributed by atoms with E-state index in [0.29, 0.717) is 18.7 Å². The molecular formula is C13H12ClFN2O. The van der Waals surface area contributed by atoms with E-state index in [1.165, 1.54) is 18.2 Å². The Kier molecular flexibility index (Phi) is 3.99. The fourth-order valence-electron chi connectivity index (χ4n) is 1.55. The second-order valence-corrected chi connectivity index (χ2v) is 4.25. The highest BCUT2D eigenvalue weighted by molar-refractivity contribution is 6.33. The van der Waals surface area contributed by atoms with E-state index < -0.39 is 5.82 Å². The second kappa shape index (κ2) is 5.69. The highest BCUT2D eigenvalue weighted by atomic mass is 35.5. The average Bonchev–Trinajstić information content (AvgIpc) is 2.83. The molecular weight excluding hydrogens is 255 g/mol. The number of amides is 1. The lowest BCUT2D eigenvalue weighted by Gasteiger charge is -2.07. The zero-order valence-corrected chi connectivity index (χ0v) is 10.3. The molecule has 0 aliphatic heterocycles. The summed E-state index contributed by atoms with van der Waals surface area (Å²) in [5, 5.41) is 2.85. The number of nitrogens with zero attached hydrogens (tertiary/aromatic N) is 1. The Bertz CT molecular complexity index is 540. The van der Waals surface area contributed by atoms with E-state index in [2.05, 4.69) is 5.32 Å². The minimum Gasteiger partial charge on any atom is -0.354 e. The van der Waals surface area contributed by atoms with Crippen molar-refractivity contribution in [2.75, 3.05) is 5.32 Å². The van der Waals surface area contributed by atoms with Gasteiger partial charge in [-0.2, -0.15) is 0 Å². The van der Waals surface area contributed by atoms with E-state index >= 15 is 0 Å². The number of carbonyl (C=O) groups excluding carboxylic acids is 1.